The first-order valence-electron chi connectivity index (χ1n) is 7.12. The summed E-state index contributed by atoms with van der Waals surface area (Å²) in [7, 11) is 0. The number of alkyl halides is 1. The van der Waals surface area contributed by atoms with Crippen LogP contribution in [0.5, 0.6) is 0 Å². The van der Waals surface area contributed by atoms with Crippen LogP contribution in [0.1, 0.15) is 40.0 Å². The molecule has 0 aromatic heterocycles. The molecule has 3 nitrogen and oxygen atoms in total. The summed E-state index contributed by atoms with van der Waals surface area (Å²) < 4.78 is 10.6. The smallest absolute Gasteiger partial charge is 0.334 e. The fraction of sp³-hybridized carbons (Fsp3) is 0.800. The van der Waals surface area contributed by atoms with Crippen LogP contribution in [-0.2, 0) is 14.3 Å². The van der Waals surface area contributed by atoms with E-state index in [2.05, 4.69) is 13.8 Å². The fourth-order valence-corrected chi connectivity index (χ4v) is 2.22. The lowest BCUT2D eigenvalue weighted by Gasteiger charge is -2.11. The molecule has 4 heteroatoms. The lowest BCUT2D eigenvalue weighted by Crippen LogP contribution is -2.12. The monoisotopic (exact) mass is 288 g/mol. The summed E-state index contributed by atoms with van der Waals surface area (Å²) in [6.07, 6.45) is 4.71. The molecule has 3 atom stereocenters. The van der Waals surface area contributed by atoms with Gasteiger partial charge in [-0.05, 0) is 37.0 Å². The van der Waals surface area contributed by atoms with Crippen LogP contribution in [0, 0.1) is 17.8 Å². The predicted octanol–water partition coefficient (Wildman–Crippen LogP) is 3.76. The van der Waals surface area contributed by atoms with E-state index in [1.54, 1.807) is 0 Å². The van der Waals surface area contributed by atoms with Gasteiger partial charge >= 0.3 is 5.97 Å². The summed E-state index contributed by atoms with van der Waals surface area (Å²) in [6.45, 7) is 7.44. The molecule has 0 aromatic carbocycles. The van der Waals surface area contributed by atoms with E-state index in [0.29, 0.717) is 24.9 Å². The molecule has 110 valence electrons. The molecule has 19 heavy (non-hydrogen) atoms. The zero-order valence-corrected chi connectivity index (χ0v) is 12.9. The van der Waals surface area contributed by atoms with Gasteiger partial charge in [0.2, 0.25) is 0 Å². The van der Waals surface area contributed by atoms with Crippen molar-refractivity contribution >= 4 is 17.6 Å². The van der Waals surface area contributed by atoms with Gasteiger partial charge in [0.05, 0.1) is 25.2 Å². The Labute approximate surface area is 121 Å². The molecule has 1 rings (SSSR count). The summed E-state index contributed by atoms with van der Waals surface area (Å²) in [4.78, 5) is 11.6. The molecule has 0 spiro atoms. The summed E-state index contributed by atoms with van der Waals surface area (Å²) in [6, 6.07) is 0. The third kappa shape index (κ3) is 6.86. The van der Waals surface area contributed by atoms with Crippen LogP contribution in [0.15, 0.2) is 11.8 Å². The van der Waals surface area contributed by atoms with Crippen molar-refractivity contribution in [1.82, 2.24) is 0 Å². The number of allylic oxidation sites excluding steroid dienone is 1. The Morgan fingerprint density at radius 2 is 2.16 bits per heavy atom. The number of hydrogen-bond donors (Lipinski definition) is 0. The van der Waals surface area contributed by atoms with Gasteiger partial charge in [-0.3, -0.25) is 0 Å². The first-order valence-corrected chi connectivity index (χ1v) is 7.66. The highest BCUT2D eigenvalue weighted by molar-refractivity contribution is 6.19. The van der Waals surface area contributed by atoms with Gasteiger partial charge < -0.3 is 9.47 Å². The van der Waals surface area contributed by atoms with E-state index in [-0.39, 0.29) is 11.8 Å². The van der Waals surface area contributed by atoms with Crippen LogP contribution in [0.3, 0.4) is 0 Å². The minimum Gasteiger partial charge on any atom is -0.496 e. The standard InChI is InChI=1S/C15H25ClO3/c1-4-5-18-14(9-16)8-15(17)19-10-11(2)6-13-7-12(13)3/h8,11-13H,4-7,9-10H2,1-3H3/b14-8+/t11?,12?,13-/m0/s1. The number of hydrogen-bond acceptors (Lipinski definition) is 3. The average molecular weight is 289 g/mol. The van der Waals surface area contributed by atoms with E-state index in [9.17, 15) is 4.79 Å². The van der Waals surface area contributed by atoms with Crippen molar-refractivity contribution in [3.8, 4) is 0 Å². The first-order chi connectivity index (χ1) is 9.06. The summed E-state index contributed by atoms with van der Waals surface area (Å²) in [5.41, 5.74) is 0. The second-order valence-electron chi connectivity index (χ2n) is 5.54. The van der Waals surface area contributed by atoms with Crippen molar-refractivity contribution in [2.75, 3.05) is 19.1 Å². The third-order valence-electron chi connectivity index (χ3n) is 3.39. The summed E-state index contributed by atoms with van der Waals surface area (Å²) in [5.74, 6) is 2.42. The molecule has 0 aliphatic heterocycles. The minimum atomic E-state index is -0.359. The van der Waals surface area contributed by atoms with E-state index in [0.717, 1.165) is 24.7 Å². The molecule has 0 radical (unpaired) electrons. The highest BCUT2D eigenvalue weighted by atomic mass is 35.5. The molecule has 1 aliphatic carbocycles. The van der Waals surface area contributed by atoms with E-state index in [1.807, 2.05) is 6.92 Å². The molecule has 0 heterocycles. The van der Waals surface area contributed by atoms with Gasteiger partial charge in [0, 0.05) is 0 Å². The maximum Gasteiger partial charge on any atom is 0.334 e. The fourth-order valence-electron chi connectivity index (χ4n) is 2.06. The molecule has 0 aromatic rings. The Bertz CT molecular complexity index is 315. The number of carbonyl (C=O) groups is 1. The van der Waals surface area contributed by atoms with Crippen LogP contribution in [0.2, 0.25) is 0 Å². The molecule has 0 amide bonds. The van der Waals surface area contributed by atoms with Crippen LogP contribution >= 0.6 is 11.6 Å². The zero-order chi connectivity index (χ0) is 14.3. The second kappa shape index (κ2) is 8.47. The molecule has 0 N–H and O–H groups in total. The largest absolute Gasteiger partial charge is 0.496 e. The van der Waals surface area contributed by atoms with Gasteiger partial charge in [0.15, 0.2) is 0 Å². The van der Waals surface area contributed by atoms with Crippen LogP contribution in [-0.4, -0.2) is 25.1 Å². The van der Waals surface area contributed by atoms with Crippen LogP contribution in [0.25, 0.3) is 0 Å². The number of ether oxygens (including phenoxy) is 2. The SMILES string of the molecule is CCCO/C(=C/C(=O)OCC(C)C[C@H]1CC1C)CCl. The molecule has 1 saturated carbocycles. The Balaban J connectivity index is 2.23. The van der Waals surface area contributed by atoms with Gasteiger partial charge in [0.1, 0.15) is 5.76 Å². The Morgan fingerprint density at radius 1 is 1.47 bits per heavy atom. The Morgan fingerprint density at radius 3 is 2.68 bits per heavy atom. The summed E-state index contributed by atoms with van der Waals surface area (Å²) in [5, 5.41) is 0. The van der Waals surface area contributed by atoms with Gasteiger partial charge in [-0.1, -0.05) is 20.8 Å². The maximum absolute atomic E-state index is 11.6. The normalized spacial score (nSPS) is 23.9. The van der Waals surface area contributed by atoms with E-state index in [4.69, 9.17) is 21.1 Å². The number of rotatable bonds is 9. The predicted molar refractivity (Wildman–Crippen MR) is 77.1 cm³/mol. The highest BCUT2D eigenvalue weighted by Crippen LogP contribution is 2.42. The first kappa shape index (κ1) is 16.4. The second-order valence-corrected chi connectivity index (χ2v) is 5.80. The van der Waals surface area contributed by atoms with E-state index in [1.165, 1.54) is 12.5 Å². The third-order valence-corrected chi connectivity index (χ3v) is 3.66. The number of halogens is 1. The molecule has 0 saturated heterocycles. The number of carbonyl (C=O) groups excluding carboxylic acids is 1. The van der Waals surface area contributed by atoms with Crippen molar-refractivity contribution in [3.05, 3.63) is 11.8 Å². The molecule has 1 aliphatic rings. The lowest BCUT2D eigenvalue weighted by molar-refractivity contribution is -0.139. The topological polar surface area (TPSA) is 35.5 Å². The van der Waals surface area contributed by atoms with Crippen molar-refractivity contribution in [2.24, 2.45) is 17.8 Å². The van der Waals surface area contributed by atoms with Crippen LogP contribution < -0.4 is 0 Å². The van der Waals surface area contributed by atoms with E-state index < -0.39 is 0 Å². The maximum atomic E-state index is 11.6. The van der Waals surface area contributed by atoms with Crippen molar-refractivity contribution in [3.63, 3.8) is 0 Å². The van der Waals surface area contributed by atoms with Gasteiger partial charge in [-0.25, -0.2) is 4.79 Å². The molecule has 2 unspecified atom stereocenters. The summed E-state index contributed by atoms with van der Waals surface area (Å²) >= 11 is 5.70. The average Bonchev–Trinajstić information content (AvgIpc) is 3.07. The molecular formula is C15H25ClO3. The Hall–Kier alpha value is -0.700. The Kier molecular flexibility index (Phi) is 7.29. The van der Waals surface area contributed by atoms with Crippen molar-refractivity contribution in [2.45, 2.75) is 40.0 Å². The lowest BCUT2D eigenvalue weighted by atomic mass is 10.0. The van der Waals surface area contributed by atoms with Crippen molar-refractivity contribution in [1.29, 1.82) is 0 Å². The van der Waals surface area contributed by atoms with Crippen molar-refractivity contribution < 1.29 is 14.3 Å². The van der Waals surface area contributed by atoms with Gasteiger partial charge in [-0.15, -0.1) is 11.6 Å². The van der Waals surface area contributed by atoms with E-state index >= 15 is 0 Å². The molecule has 0 bridgehead atoms. The molecule has 1 fully saturated rings. The quantitative estimate of drug-likeness (QED) is 0.280. The van der Waals surface area contributed by atoms with Gasteiger partial charge in [-0.2, -0.15) is 0 Å². The molecular weight excluding hydrogens is 264 g/mol. The minimum absolute atomic E-state index is 0.199. The number of esters is 1. The highest BCUT2D eigenvalue weighted by Gasteiger charge is 2.33. The van der Waals surface area contributed by atoms with Gasteiger partial charge in [0.25, 0.3) is 0 Å². The zero-order valence-electron chi connectivity index (χ0n) is 12.2. The van der Waals surface area contributed by atoms with Crippen LogP contribution in [0.4, 0.5) is 0 Å².